The van der Waals surface area contributed by atoms with Gasteiger partial charge in [-0.05, 0) is 19.3 Å². The van der Waals surface area contributed by atoms with Crippen LogP contribution in [-0.2, 0) is 3.07 Å². The molecule has 12 heavy (non-hydrogen) atoms. The fourth-order valence-corrected chi connectivity index (χ4v) is 2.53. The maximum Gasteiger partial charge on any atom is 0.114 e. The van der Waals surface area contributed by atoms with Crippen LogP contribution in [0.3, 0.4) is 0 Å². The highest BCUT2D eigenvalue weighted by Gasteiger charge is 2.50. The van der Waals surface area contributed by atoms with E-state index in [-0.39, 0.29) is 5.54 Å². The second-order valence-electron chi connectivity index (χ2n) is 3.81. The van der Waals surface area contributed by atoms with Gasteiger partial charge in [-0.3, -0.25) is 4.90 Å². The van der Waals surface area contributed by atoms with Crippen LogP contribution in [-0.4, -0.2) is 36.3 Å². The van der Waals surface area contributed by atoms with E-state index in [0.29, 0.717) is 13.0 Å². The molecule has 4 heteroatoms. The van der Waals surface area contributed by atoms with Crippen molar-refractivity contribution in [3.05, 3.63) is 0 Å². The molecule has 0 aromatic rings. The minimum Gasteiger partial charge on any atom is -0.314 e. The Morgan fingerprint density at radius 2 is 2.33 bits per heavy atom. The summed E-state index contributed by atoms with van der Waals surface area (Å²) in [4.78, 5) is 2.26. The van der Waals surface area contributed by atoms with Crippen molar-refractivity contribution < 1.29 is 7.46 Å². The zero-order valence-corrected chi connectivity index (χ0v) is 9.09. The zero-order valence-electron chi connectivity index (χ0n) is 6.93. The number of likely N-dealkylation sites (tertiary alicyclic amines) is 1. The van der Waals surface area contributed by atoms with Crippen molar-refractivity contribution in [1.82, 2.24) is 4.90 Å². The highest BCUT2D eigenvalue weighted by atomic mass is 127. The van der Waals surface area contributed by atoms with Crippen molar-refractivity contribution in [2.45, 2.75) is 31.0 Å². The molecule has 0 bridgehead atoms. The second-order valence-corrected chi connectivity index (χ2v) is 4.43. The number of hydrogen-bond acceptors (Lipinski definition) is 2. The molecule has 0 unspecified atom stereocenters. The fraction of sp³-hybridized carbons (Fsp3) is 1.00. The van der Waals surface area contributed by atoms with Gasteiger partial charge in [-0.1, -0.05) is 0 Å². The lowest BCUT2D eigenvalue weighted by molar-refractivity contribution is 0.156. The minimum absolute atomic E-state index is 0.224. The topological polar surface area (TPSA) is 12.5 Å². The minimum atomic E-state index is -0.600. The molecule has 2 nitrogen and oxygen atoms in total. The number of rotatable bonds is 3. The summed E-state index contributed by atoms with van der Waals surface area (Å²) in [6.07, 6.45) is 2.48. The lowest BCUT2D eigenvalue weighted by atomic mass is 10.2. The maximum atomic E-state index is 12.9. The highest BCUT2D eigenvalue weighted by molar-refractivity contribution is 14.1. The van der Waals surface area contributed by atoms with E-state index >= 15 is 0 Å². The molecule has 0 aromatic heterocycles. The van der Waals surface area contributed by atoms with E-state index in [4.69, 9.17) is 3.07 Å². The number of halogens is 2. The van der Waals surface area contributed by atoms with Gasteiger partial charge in [0.2, 0.25) is 0 Å². The quantitative estimate of drug-likeness (QED) is 0.735. The van der Waals surface area contributed by atoms with Gasteiger partial charge in [-0.25, -0.2) is 4.39 Å². The monoisotopic (exact) mass is 285 g/mol. The summed E-state index contributed by atoms with van der Waals surface area (Å²) in [7, 11) is 0. The molecule has 1 aliphatic carbocycles. The molecule has 1 heterocycles. The van der Waals surface area contributed by atoms with Crippen LogP contribution in [0.5, 0.6) is 0 Å². The standard InChI is InChI=1S/C8H13FINO/c9-7-1-4-11(5-7)8(2-3-8)6-12-10/h7H,1-6H2/t7-/m0/s1. The largest absolute Gasteiger partial charge is 0.314 e. The number of alkyl halides is 1. The predicted molar refractivity (Wildman–Crippen MR) is 53.0 cm³/mol. The first kappa shape index (κ1) is 9.15. The summed E-state index contributed by atoms with van der Waals surface area (Å²) < 4.78 is 18.0. The maximum absolute atomic E-state index is 12.9. The molecule has 0 radical (unpaired) electrons. The first-order chi connectivity index (χ1) is 5.77. The molecule has 2 fully saturated rings. The summed E-state index contributed by atoms with van der Waals surface area (Å²) in [5.41, 5.74) is 0.224. The van der Waals surface area contributed by atoms with Crippen molar-refractivity contribution in [3.8, 4) is 0 Å². The number of hydrogen-bond donors (Lipinski definition) is 0. The Bertz CT molecular complexity index is 174. The van der Waals surface area contributed by atoms with E-state index in [9.17, 15) is 4.39 Å². The van der Waals surface area contributed by atoms with Gasteiger partial charge in [0, 0.05) is 18.6 Å². The molecule has 1 saturated carbocycles. The van der Waals surface area contributed by atoms with Crippen LogP contribution in [0.15, 0.2) is 0 Å². The third-order valence-corrected chi connectivity index (χ3v) is 3.26. The molecule has 1 saturated heterocycles. The van der Waals surface area contributed by atoms with Crippen molar-refractivity contribution in [1.29, 1.82) is 0 Å². The Morgan fingerprint density at radius 3 is 2.75 bits per heavy atom. The Kier molecular flexibility index (Phi) is 2.58. The van der Waals surface area contributed by atoms with Crippen LogP contribution >= 0.6 is 23.0 Å². The first-order valence-corrected chi connectivity index (χ1v) is 5.28. The van der Waals surface area contributed by atoms with E-state index in [0.717, 1.165) is 13.2 Å². The number of nitrogens with zero attached hydrogens (tertiary/aromatic N) is 1. The van der Waals surface area contributed by atoms with Crippen LogP contribution in [0.1, 0.15) is 19.3 Å². The molecule has 70 valence electrons. The van der Waals surface area contributed by atoms with Crippen LogP contribution < -0.4 is 0 Å². The molecule has 2 aliphatic rings. The van der Waals surface area contributed by atoms with Crippen LogP contribution in [0.25, 0.3) is 0 Å². The average molecular weight is 285 g/mol. The van der Waals surface area contributed by atoms with Crippen LogP contribution in [0, 0.1) is 0 Å². The van der Waals surface area contributed by atoms with Crippen molar-refractivity contribution in [3.63, 3.8) is 0 Å². The average Bonchev–Trinajstić information content (AvgIpc) is 2.69. The van der Waals surface area contributed by atoms with Crippen LogP contribution in [0.4, 0.5) is 4.39 Å². The van der Waals surface area contributed by atoms with Gasteiger partial charge in [0.15, 0.2) is 0 Å². The summed E-state index contributed by atoms with van der Waals surface area (Å²) >= 11 is 1.92. The van der Waals surface area contributed by atoms with E-state index in [1.807, 2.05) is 23.0 Å². The van der Waals surface area contributed by atoms with Gasteiger partial charge in [-0.15, -0.1) is 0 Å². The zero-order chi connectivity index (χ0) is 8.60. The third kappa shape index (κ3) is 1.61. The summed E-state index contributed by atoms with van der Waals surface area (Å²) in [5, 5.41) is 0. The van der Waals surface area contributed by atoms with E-state index in [1.165, 1.54) is 12.8 Å². The van der Waals surface area contributed by atoms with Gasteiger partial charge >= 0.3 is 0 Å². The molecule has 0 aromatic carbocycles. The lowest BCUT2D eigenvalue weighted by Crippen LogP contribution is -2.38. The molecule has 0 amide bonds. The fourth-order valence-electron chi connectivity index (χ4n) is 1.95. The van der Waals surface area contributed by atoms with Crippen molar-refractivity contribution in [2.24, 2.45) is 0 Å². The third-order valence-electron chi connectivity index (χ3n) is 2.95. The summed E-state index contributed by atoms with van der Waals surface area (Å²) in [6, 6.07) is 0. The first-order valence-electron chi connectivity index (χ1n) is 4.39. The highest BCUT2D eigenvalue weighted by Crippen LogP contribution is 2.44. The molecule has 1 aliphatic heterocycles. The Balaban J connectivity index is 1.91. The van der Waals surface area contributed by atoms with Gasteiger partial charge in [0.05, 0.1) is 6.61 Å². The second kappa shape index (κ2) is 3.38. The summed E-state index contributed by atoms with van der Waals surface area (Å²) in [6.45, 7) is 2.31. The lowest BCUT2D eigenvalue weighted by Gasteiger charge is -2.25. The van der Waals surface area contributed by atoms with E-state index in [1.54, 1.807) is 0 Å². The Hall–Kier alpha value is 0.580. The van der Waals surface area contributed by atoms with Gasteiger partial charge in [-0.2, -0.15) is 0 Å². The van der Waals surface area contributed by atoms with E-state index in [2.05, 4.69) is 4.90 Å². The Morgan fingerprint density at radius 1 is 1.58 bits per heavy atom. The van der Waals surface area contributed by atoms with Crippen molar-refractivity contribution >= 4 is 23.0 Å². The normalized spacial score (nSPS) is 34.0. The molecular formula is C8H13FINO. The SMILES string of the molecule is F[C@H]1CCN(C2(COI)CC2)C1. The molecule has 1 atom stereocenters. The predicted octanol–water partition coefficient (Wildman–Crippen LogP) is 1.93. The molecule has 2 rings (SSSR count). The molecule has 0 spiro atoms. The van der Waals surface area contributed by atoms with E-state index < -0.39 is 6.17 Å². The Labute approximate surface area is 86.1 Å². The van der Waals surface area contributed by atoms with Crippen LogP contribution in [0.2, 0.25) is 0 Å². The van der Waals surface area contributed by atoms with Crippen molar-refractivity contribution in [2.75, 3.05) is 19.7 Å². The summed E-state index contributed by atoms with van der Waals surface area (Å²) in [5.74, 6) is 0. The van der Waals surface area contributed by atoms with Gasteiger partial charge in [0.1, 0.15) is 29.2 Å². The van der Waals surface area contributed by atoms with Gasteiger partial charge < -0.3 is 3.07 Å². The molecular weight excluding hydrogens is 272 g/mol. The molecule has 0 N–H and O–H groups in total. The smallest absolute Gasteiger partial charge is 0.114 e. The van der Waals surface area contributed by atoms with Gasteiger partial charge in [0.25, 0.3) is 0 Å².